The third-order valence-corrected chi connectivity index (χ3v) is 3.95. The van der Waals surface area contributed by atoms with E-state index in [1.165, 1.54) is 20.2 Å². The van der Waals surface area contributed by atoms with E-state index < -0.39 is 28.6 Å². The molecule has 0 unspecified atom stereocenters. The predicted octanol–water partition coefficient (Wildman–Crippen LogP) is 4.08. The molecule has 144 valence electrons. The summed E-state index contributed by atoms with van der Waals surface area (Å²) in [5.41, 5.74) is -0.774. The van der Waals surface area contributed by atoms with Crippen LogP contribution in [-0.4, -0.2) is 37.4 Å². The molecule has 2 rings (SSSR count). The summed E-state index contributed by atoms with van der Waals surface area (Å²) < 4.78 is 43.6. The summed E-state index contributed by atoms with van der Waals surface area (Å²) in [5.74, 6) is -0.482. The molecule has 1 N–H and O–H groups in total. The van der Waals surface area contributed by atoms with Crippen molar-refractivity contribution in [3.05, 3.63) is 58.6 Å². The number of hydrogen-bond donors (Lipinski definition) is 1. The molecule has 2 aromatic rings. The Morgan fingerprint density at radius 3 is 2.33 bits per heavy atom. The van der Waals surface area contributed by atoms with Crippen molar-refractivity contribution in [3.8, 4) is 5.75 Å². The van der Waals surface area contributed by atoms with Gasteiger partial charge < -0.3 is 15.0 Å². The second-order valence-electron chi connectivity index (χ2n) is 5.63. The molecule has 0 atom stereocenters. The number of rotatable bonds is 5. The Balaban J connectivity index is 2.03. The molecule has 0 heterocycles. The predicted molar refractivity (Wildman–Crippen MR) is 95.0 cm³/mol. The smallest absolute Gasteiger partial charge is 0.417 e. The number of likely N-dealkylation sites (N-methyl/N-ethyl adjacent to an activating group) is 1. The molecule has 0 aliphatic carbocycles. The van der Waals surface area contributed by atoms with Gasteiger partial charge in [0.15, 0.2) is 0 Å². The van der Waals surface area contributed by atoms with E-state index in [4.69, 9.17) is 16.3 Å². The minimum atomic E-state index is -4.64. The van der Waals surface area contributed by atoms with Crippen molar-refractivity contribution in [3.63, 3.8) is 0 Å². The summed E-state index contributed by atoms with van der Waals surface area (Å²) >= 11 is 5.54. The number of methoxy groups -OCH3 is 1. The molecule has 0 fully saturated rings. The Morgan fingerprint density at radius 1 is 1.15 bits per heavy atom. The maximum Gasteiger partial charge on any atom is 0.417 e. The summed E-state index contributed by atoms with van der Waals surface area (Å²) in [4.78, 5) is 25.5. The Morgan fingerprint density at radius 2 is 1.78 bits per heavy atom. The topological polar surface area (TPSA) is 58.6 Å². The van der Waals surface area contributed by atoms with Crippen LogP contribution < -0.4 is 10.1 Å². The lowest BCUT2D eigenvalue weighted by Crippen LogP contribution is -2.34. The van der Waals surface area contributed by atoms with Crippen LogP contribution in [-0.2, 0) is 11.0 Å². The lowest BCUT2D eigenvalue weighted by atomic mass is 10.2. The molecular weight excluding hydrogens is 385 g/mol. The first-order chi connectivity index (χ1) is 12.6. The number of nitrogens with one attached hydrogen (secondary N) is 1. The van der Waals surface area contributed by atoms with Crippen LogP contribution >= 0.6 is 11.6 Å². The van der Waals surface area contributed by atoms with E-state index in [9.17, 15) is 22.8 Å². The van der Waals surface area contributed by atoms with Crippen molar-refractivity contribution in [2.75, 3.05) is 26.0 Å². The summed E-state index contributed by atoms with van der Waals surface area (Å²) in [6, 6.07) is 9.34. The summed E-state index contributed by atoms with van der Waals surface area (Å²) in [7, 11) is 2.91. The normalized spacial score (nSPS) is 11.0. The van der Waals surface area contributed by atoms with E-state index in [1.54, 1.807) is 24.3 Å². The molecule has 0 spiro atoms. The molecule has 0 radical (unpaired) electrons. The number of nitrogens with zero attached hydrogens (tertiary/aromatic N) is 1. The monoisotopic (exact) mass is 400 g/mol. The fourth-order valence-electron chi connectivity index (χ4n) is 2.26. The molecule has 9 heteroatoms. The minimum absolute atomic E-state index is 0.0676. The van der Waals surface area contributed by atoms with Crippen LogP contribution in [0.25, 0.3) is 0 Å². The van der Waals surface area contributed by atoms with Gasteiger partial charge in [0, 0.05) is 18.3 Å². The van der Waals surface area contributed by atoms with Crippen molar-refractivity contribution < 1.29 is 27.5 Å². The molecule has 2 amide bonds. The van der Waals surface area contributed by atoms with E-state index in [-0.39, 0.29) is 12.2 Å². The van der Waals surface area contributed by atoms with Crippen molar-refractivity contribution in [2.24, 2.45) is 0 Å². The number of carbonyl (C=O) groups is 2. The number of alkyl halides is 3. The average molecular weight is 401 g/mol. The Kier molecular flexibility index (Phi) is 6.32. The van der Waals surface area contributed by atoms with Gasteiger partial charge in [0.25, 0.3) is 5.91 Å². The number of anilines is 1. The van der Waals surface area contributed by atoms with Crippen molar-refractivity contribution in [1.82, 2.24) is 4.90 Å². The Labute approximate surface area is 158 Å². The maximum atomic E-state index is 12.9. The number of ether oxygens (including phenoxy) is 1. The first-order valence-electron chi connectivity index (χ1n) is 7.68. The zero-order valence-corrected chi connectivity index (χ0v) is 15.2. The molecule has 0 saturated heterocycles. The van der Waals surface area contributed by atoms with E-state index >= 15 is 0 Å². The number of carbonyl (C=O) groups excluding carboxylic acids is 2. The van der Waals surface area contributed by atoms with Crippen molar-refractivity contribution >= 4 is 29.1 Å². The van der Waals surface area contributed by atoms with E-state index in [0.717, 1.165) is 17.0 Å². The lowest BCUT2D eigenvalue weighted by molar-refractivity contribution is -0.137. The lowest BCUT2D eigenvalue weighted by Gasteiger charge is -2.17. The zero-order chi connectivity index (χ0) is 20.2. The van der Waals surface area contributed by atoms with Crippen LogP contribution in [0.3, 0.4) is 0 Å². The average Bonchev–Trinajstić information content (AvgIpc) is 2.61. The second-order valence-corrected chi connectivity index (χ2v) is 6.04. The largest absolute Gasteiger partial charge is 0.497 e. The van der Waals surface area contributed by atoms with Crippen LogP contribution in [0, 0.1) is 0 Å². The van der Waals surface area contributed by atoms with Crippen LogP contribution in [0.15, 0.2) is 42.5 Å². The third kappa shape index (κ3) is 5.37. The molecule has 0 aromatic heterocycles. The van der Waals surface area contributed by atoms with Crippen molar-refractivity contribution in [1.29, 1.82) is 0 Å². The quantitative estimate of drug-likeness (QED) is 0.822. The Hall–Kier alpha value is -2.74. The van der Waals surface area contributed by atoms with Gasteiger partial charge in [-0.2, -0.15) is 13.2 Å². The van der Waals surface area contributed by atoms with Crippen LogP contribution in [0.1, 0.15) is 15.9 Å². The van der Waals surface area contributed by atoms with E-state index in [2.05, 4.69) is 5.32 Å². The van der Waals surface area contributed by atoms with Gasteiger partial charge in [0.05, 0.1) is 24.2 Å². The number of hydrogen-bond acceptors (Lipinski definition) is 3. The fraction of sp³-hybridized carbons (Fsp3) is 0.222. The molecule has 0 aliphatic heterocycles. The minimum Gasteiger partial charge on any atom is -0.497 e. The van der Waals surface area contributed by atoms with E-state index in [1.807, 2.05) is 0 Å². The first kappa shape index (κ1) is 20.6. The van der Waals surface area contributed by atoms with Gasteiger partial charge in [0.2, 0.25) is 5.91 Å². The summed E-state index contributed by atoms with van der Waals surface area (Å²) in [5, 5.41) is 1.86. The molecule has 5 nitrogen and oxygen atoms in total. The SMILES string of the molecule is COc1ccc(C(=O)N(C)CC(=O)Nc2ccc(Cl)c(C(F)(F)F)c2)cc1. The van der Waals surface area contributed by atoms with Gasteiger partial charge in [0.1, 0.15) is 5.75 Å². The van der Waals surface area contributed by atoms with E-state index in [0.29, 0.717) is 11.3 Å². The number of halogens is 4. The Bertz CT molecular complexity index is 839. The standard InChI is InChI=1S/C18H16ClF3N2O3/c1-24(17(26)11-3-6-13(27-2)7-4-11)10-16(25)23-12-5-8-15(19)14(9-12)18(20,21)22/h3-9H,10H2,1-2H3,(H,23,25). The zero-order valence-electron chi connectivity index (χ0n) is 14.4. The number of amides is 2. The molecule has 0 saturated carbocycles. The first-order valence-corrected chi connectivity index (χ1v) is 8.05. The van der Waals surface area contributed by atoms with Crippen LogP contribution in [0.4, 0.5) is 18.9 Å². The van der Waals surface area contributed by atoms with Gasteiger partial charge in [-0.15, -0.1) is 0 Å². The van der Waals surface area contributed by atoms with Crippen molar-refractivity contribution in [2.45, 2.75) is 6.18 Å². The van der Waals surface area contributed by atoms with Crippen LogP contribution in [0.2, 0.25) is 5.02 Å². The van der Waals surface area contributed by atoms with Gasteiger partial charge in [-0.05, 0) is 42.5 Å². The summed E-state index contributed by atoms with van der Waals surface area (Å²) in [6.45, 7) is -0.338. The number of benzene rings is 2. The maximum absolute atomic E-state index is 12.9. The molecule has 2 aromatic carbocycles. The highest BCUT2D eigenvalue weighted by molar-refractivity contribution is 6.31. The van der Waals surface area contributed by atoms with Crippen LogP contribution in [0.5, 0.6) is 5.75 Å². The summed E-state index contributed by atoms with van der Waals surface area (Å²) in [6.07, 6.45) is -4.64. The van der Waals surface area contributed by atoms with Gasteiger partial charge in [-0.3, -0.25) is 9.59 Å². The highest BCUT2D eigenvalue weighted by Gasteiger charge is 2.33. The molecular formula is C18H16ClF3N2O3. The third-order valence-electron chi connectivity index (χ3n) is 3.62. The molecule has 27 heavy (non-hydrogen) atoms. The highest BCUT2D eigenvalue weighted by atomic mass is 35.5. The van der Waals surface area contributed by atoms with Gasteiger partial charge in [-0.1, -0.05) is 11.6 Å². The van der Waals surface area contributed by atoms with Gasteiger partial charge >= 0.3 is 6.18 Å². The molecule has 0 aliphatic rings. The fourth-order valence-corrected chi connectivity index (χ4v) is 2.49. The molecule has 0 bridgehead atoms. The van der Waals surface area contributed by atoms with Gasteiger partial charge in [-0.25, -0.2) is 0 Å². The second kappa shape index (κ2) is 8.30. The highest BCUT2D eigenvalue weighted by Crippen LogP contribution is 2.36.